The number of hydrogen-bond acceptors (Lipinski definition) is 5. The molecule has 150 valence electrons. The molecule has 2 aliphatic rings. The standard InChI is InChI=1S/C18H19ClF2N4O3/c19-11-6-4-10(5-7-11)14-15(12-3-1-2-8-27-12)24-25-16(14)22-17(23-18(25)26)28-9-13(20)21/h4-7,12-13,17,22H,1-3,8-9H2,(H,23,26). The van der Waals surface area contributed by atoms with Crippen molar-refractivity contribution in [3.63, 3.8) is 0 Å². The molecule has 2 atom stereocenters. The highest BCUT2D eigenvalue weighted by molar-refractivity contribution is 6.30. The molecule has 2 N–H and O–H groups in total. The molecule has 4 rings (SSSR count). The van der Waals surface area contributed by atoms with Crippen LogP contribution in [0.4, 0.5) is 19.4 Å². The number of nitrogens with zero attached hydrogens (tertiary/aromatic N) is 2. The maximum absolute atomic E-state index is 12.5. The zero-order valence-corrected chi connectivity index (χ0v) is 15.6. The Balaban J connectivity index is 1.75. The summed E-state index contributed by atoms with van der Waals surface area (Å²) in [5.74, 6) is 0.370. The van der Waals surface area contributed by atoms with E-state index in [4.69, 9.17) is 21.1 Å². The number of ether oxygens (including phenoxy) is 2. The summed E-state index contributed by atoms with van der Waals surface area (Å²) in [6.45, 7) is -0.187. The summed E-state index contributed by atoms with van der Waals surface area (Å²) in [5, 5.41) is 10.5. The van der Waals surface area contributed by atoms with Gasteiger partial charge in [0.2, 0.25) is 6.35 Å². The fourth-order valence-corrected chi connectivity index (χ4v) is 3.51. The summed E-state index contributed by atoms with van der Waals surface area (Å²) in [6, 6.07) is 6.54. The molecule has 0 spiro atoms. The van der Waals surface area contributed by atoms with Crippen LogP contribution in [0.5, 0.6) is 0 Å². The molecule has 1 aromatic carbocycles. The molecule has 2 aromatic rings. The van der Waals surface area contributed by atoms with Gasteiger partial charge in [0.15, 0.2) is 0 Å². The van der Waals surface area contributed by atoms with Crippen LogP contribution in [0.25, 0.3) is 11.1 Å². The second kappa shape index (κ2) is 8.02. The first-order chi connectivity index (χ1) is 13.5. The van der Waals surface area contributed by atoms with Crippen LogP contribution in [0.2, 0.25) is 5.02 Å². The Hall–Kier alpha value is -2.23. The van der Waals surface area contributed by atoms with Crippen molar-refractivity contribution in [1.82, 2.24) is 15.1 Å². The Morgan fingerprint density at radius 3 is 2.75 bits per heavy atom. The van der Waals surface area contributed by atoms with E-state index in [9.17, 15) is 13.6 Å². The van der Waals surface area contributed by atoms with Crippen LogP contribution in [-0.4, -0.2) is 41.8 Å². The number of amides is 1. The van der Waals surface area contributed by atoms with Crippen LogP contribution >= 0.6 is 11.6 Å². The van der Waals surface area contributed by atoms with Gasteiger partial charge in [0.1, 0.15) is 24.2 Å². The van der Waals surface area contributed by atoms with Crippen LogP contribution in [0, 0.1) is 0 Å². The number of halogens is 3. The van der Waals surface area contributed by atoms with Gasteiger partial charge >= 0.3 is 6.03 Å². The molecule has 28 heavy (non-hydrogen) atoms. The maximum atomic E-state index is 12.5. The van der Waals surface area contributed by atoms with Gasteiger partial charge in [0.05, 0.1) is 5.56 Å². The highest BCUT2D eigenvalue weighted by atomic mass is 35.5. The van der Waals surface area contributed by atoms with E-state index in [2.05, 4.69) is 15.7 Å². The van der Waals surface area contributed by atoms with Crippen molar-refractivity contribution in [1.29, 1.82) is 0 Å². The number of alkyl halides is 2. The lowest BCUT2D eigenvalue weighted by Crippen LogP contribution is -2.50. The molecule has 1 saturated heterocycles. The smallest absolute Gasteiger partial charge is 0.347 e. The monoisotopic (exact) mass is 412 g/mol. The van der Waals surface area contributed by atoms with Crippen molar-refractivity contribution < 1.29 is 23.0 Å². The molecule has 1 aromatic heterocycles. The summed E-state index contributed by atoms with van der Waals surface area (Å²) in [7, 11) is 0. The average molecular weight is 413 g/mol. The largest absolute Gasteiger partial charge is 0.372 e. The van der Waals surface area contributed by atoms with Gasteiger partial charge in [0.25, 0.3) is 6.43 Å². The molecule has 10 heteroatoms. The lowest BCUT2D eigenvalue weighted by Gasteiger charge is -2.26. The van der Waals surface area contributed by atoms with Gasteiger partial charge in [-0.3, -0.25) is 5.32 Å². The highest BCUT2D eigenvalue weighted by Crippen LogP contribution is 2.40. The lowest BCUT2D eigenvalue weighted by atomic mass is 9.98. The molecule has 0 radical (unpaired) electrons. The van der Waals surface area contributed by atoms with E-state index in [1.165, 1.54) is 4.68 Å². The number of hydrogen-bond donors (Lipinski definition) is 2. The topological polar surface area (TPSA) is 77.4 Å². The van der Waals surface area contributed by atoms with E-state index in [1.807, 2.05) is 12.1 Å². The minimum atomic E-state index is -2.65. The molecular weight excluding hydrogens is 394 g/mol. The summed E-state index contributed by atoms with van der Waals surface area (Å²) in [4.78, 5) is 12.5. The van der Waals surface area contributed by atoms with Gasteiger partial charge in [-0.1, -0.05) is 23.7 Å². The predicted octanol–water partition coefficient (Wildman–Crippen LogP) is 3.99. The van der Waals surface area contributed by atoms with E-state index in [0.717, 1.165) is 24.8 Å². The van der Waals surface area contributed by atoms with E-state index < -0.39 is 25.4 Å². The average Bonchev–Trinajstić information content (AvgIpc) is 3.08. The van der Waals surface area contributed by atoms with Gasteiger partial charge in [-0.05, 0) is 37.0 Å². The molecule has 3 heterocycles. The zero-order chi connectivity index (χ0) is 19.7. The predicted molar refractivity (Wildman–Crippen MR) is 98.5 cm³/mol. The number of carbonyl (C=O) groups is 1. The number of anilines is 1. The zero-order valence-electron chi connectivity index (χ0n) is 14.8. The van der Waals surface area contributed by atoms with Crippen LogP contribution in [-0.2, 0) is 9.47 Å². The third kappa shape index (κ3) is 3.82. The SMILES string of the molecule is O=C1NC(OCC(F)F)Nc2c(-c3ccc(Cl)cc3)c(C3CCCCO3)nn21. The number of rotatable bonds is 5. The molecular formula is C18H19ClF2N4O3. The summed E-state index contributed by atoms with van der Waals surface area (Å²) < 4.78 is 37.1. The van der Waals surface area contributed by atoms with E-state index in [0.29, 0.717) is 28.7 Å². The first kappa shape index (κ1) is 19.1. The fourth-order valence-electron chi connectivity index (χ4n) is 3.38. The van der Waals surface area contributed by atoms with Crippen molar-refractivity contribution in [2.24, 2.45) is 0 Å². The number of benzene rings is 1. The Labute approximate surface area is 164 Å². The van der Waals surface area contributed by atoms with E-state index in [1.54, 1.807) is 12.1 Å². The van der Waals surface area contributed by atoms with Crippen LogP contribution in [0.3, 0.4) is 0 Å². The van der Waals surface area contributed by atoms with Gasteiger partial charge in [0, 0.05) is 11.6 Å². The Bertz CT molecular complexity index is 853. The van der Waals surface area contributed by atoms with Crippen molar-refractivity contribution in [3.8, 4) is 11.1 Å². The normalized spacial score (nSPS) is 21.9. The molecule has 1 fully saturated rings. The van der Waals surface area contributed by atoms with Crippen LogP contribution in [0.1, 0.15) is 31.1 Å². The summed E-state index contributed by atoms with van der Waals surface area (Å²) >= 11 is 6.01. The number of fused-ring (bicyclic) bond motifs is 1. The molecule has 0 bridgehead atoms. The number of aromatic nitrogens is 2. The molecule has 2 unspecified atom stereocenters. The Morgan fingerprint density at radius 1 is 1.29 bits per heavy atom. The summed E-state index contributed by atoms with van der Waals surface area (Å²) in [5.41, 5.74) is 2.07. The minimum Gasteiger partial charge on any atom is -0.372 e. The third-order valence-corrected chi connectivity index (χ3v) is 4.89. The minimum absolute atomic E-state index is 0.257. The third-order valence-electron chi connectivity index (χ3n) is 4.63. The van der Waals surface area contributed by atoms with E-state index >= 15 is 0 Å². The van der Waals surface area contributed by atoms with Crippen LogP contribution < -0.4 is 10.6 Å². The lowest BCUT2D eigenvalue weighted by molar-refractivity contribution is -0.0229. The molecule has 7 nitrogen and oxygen atoms in total. The van der Waals surface area contributed by atoms with Crippen molar-refractivity contribution >= 4 is 23.4 Å². The Kier molecular flexibility index (Phi) is 5.47. The van der Waals surface area contributed by atoms with Crippen molar-refractivity contribution in [2.75, 3.05) is 18.5 Å². The second-order valence-corrected chi connectivity index (χ2v) is 7.02. The Morgan fingerprint density at radius 2 is 2.07 bits per heavy atom. The number of nitrogens with one attached hydrogen (secondary N) is 2. The van der Waals surface area contributed by atoms with Crippen molar-refractivity contribution in [2.45, 2.75) is 38.1 Å². The molecule has 0 saturated carbocycles. The van der Waals surface area contributed by atoms with Gasteiger partial charge in [-0.2, -0.15) is 9.78 Å². The molecule has 0 aliphatic carbocycles. The first-order valence-corrected chi connectivity index (χ1v) is 9.38. The summed E-state index contributed by atoms with van der Waals surface area (Å²) in [6.07, 6.45) is -1.24. The van der Waals surface area contributed by atoms with Crippen molar-refractivity contribution in [3.05, 3.63) is 35.0 Å². The molecule has 1 amide bonds. The van der Waals surface area contributed by atoms with E-state index in [-0.39, 0.29) is 6.10 Å². The quantitative estimate of drug-likeness (QED) is 0.776. The highest BCUT2D eigenvalue weighted by Gasteiger charge is 2.34. The molecule has 2 aliphatic heterocycles. The number of carbonyl (C=O) groups excluding carboxylic acids is 1. The van der Waals surface area contributed by atoms with Gasteiger partial charge in [-0.25, -0.2) is 13.6 Å². The van der Waals surface area contributed by atoms with Crippen LogP contribution in [0.15, 0.2) is 24.3 Å². The maximum Gasteiger partial charge on any atom is 0.347 e. The van der Waals surface area contributed by atoms with Gasteiger partial charge < -0.3 is 14.8 Å². The fraction of sp³-hybridized carbons (Fsp3) is 0.444. The van der Waals surface area contributed by atoms with Gasteiger partial charge in [-0.15, -0.1) is 0 Å². The first-order valence-electron chi connectivity index (χ1n) is 9.00. The second-order valence-electron chi connectivity index (χ2n) is 6.58.